The molecule has 0 spiro atoms. The molecular weight excluding hydrogens is 298 g/mol. The summed E-state index contributed by atoms with van der Waals surface area (Å²) < 4.78 is 1.29. The zero-order valence-corrected chi connectivity index (χ0v) is 13.1. The van der Waals surface area contributed by atoms with Crippen LogP contribution in [0.5, 0.6) is 0 Å². The molecule has 0 saturated heterocycles. The molecule has 0 saturated carbocycles. The van der Waals surface area contributed by atoms with E-state index in [-0.39, 0.29) is 12.1 Å². The number of aliphatic carboxylic acids is 1. The summed E-state index contributed by atoms with van der Waals surface area (Å²) in [7, 11) is 0. The molecule has 0 bridgehead atoms. The van der Waals surface area contributed by atoms with E-state index in [1.807, 2.05) is 13.8 Å². The van der Waals surface area contributed by atoms with Crippen LogP contribution in [-0.2, 0) is 4.79 Å². The molecule has 2 aromatic heterocycles. The minimum atomic E-state index is -0.962. The summed E-state index contributed by atoms with van der Waals surface area (Å²) in [5, 5.41) is 11.6. The van der Waals surface area contributed by atoms with E-state index < -0.39 is 23.4 Å². The van der Waals surface area contributed by atoms with Crippen LogP contribution in [0.4, 0.5) is 0 Å². The van der Waals surface area contributed by atoms with Gasteiger partial charge in [0.25, 0.3) is 11.5 Å². The summed E-state index contributed by atoms with van der Waals surface area (Å²) >= 11 is 0. The Morgan fingerprint density at radius 1 is 1.43 bits per heavy atom. The summed E-state index contributed by atoms with van der Waals surface area (Å²) in [6.07, 6.45) is 3.95. The number of amides is 1. The van der Waals surface area contributed by atoms with E-state index in [0.29, 0.717) is 18.5 Å². The monoisotopic (exact) mass is 317 g/mol. The van der Waals surface area contributed by atoms with Crippen LogP contribution in [0.2, 0.25) is 0 Å². The third-order valence-electron chi connectivity index (χ3n) is 3.61. The molecule has 0 aromatic carbocycles. The predicted octanol–water partition coefficient (Wildman–Crippen LogP) is 1.23. The van der Waals surface area contributed by atoms with E-state index >= 15 is 0 Å². The van der Waals surface area contributed by atoms with Gasteiger partial charge in [0.15, 0.2) is 0 Å². The molecule has 0 fully saturated rings. The van der Waals surface area contributed by atoms with Gasteiger partial charge in [-0.15, -0.1) is 0 Å². The van der Waals surface area contributed by atoms with Gasteiger partial charge in [-0.05, 0) is 31.0 Å². The number of carbonyl (C=O) groups is 2. The highest BCUT2D eigenvalue weighted by molar-refractivity contribution is 5.94. The summed E-state index contributed by atoms with van der Waals surface area (Å²) in [6, 6.07) is 3.49. The number of nitrogens with zero attached hydrogens (tertiary/aromatic N) is 2. The fourth-order valence-electron chi connectivity index (χ4n) is 2.30. The van der Waals surface area contributed by atoms with Crippen LogP contribution in [-0.4, -0.2) is 32.9 Å². The minimum absolute atomic E-state index is 0.0158. The third kappa shape index (κ3) is 3.74. The van der Waals surface area contributed by atoms with E-state index in [1.54, 1.807) is 18.3 Å². The predicted molar refractivity (Wildman–Crippen MR) is 84.6 cm³/mol. The van der Waals surface area contributed by atoms with Crippen molar-refractivity contribution in [3.05, 3.63) is 46.0 Å². The van der Waals surface area contributed by atoms with Gasteiger partial charge in [-0.1, -0.05) is 13.3 Å². The molecule has 2 N–H and O–H groups in total. The molecule has 0 aliphatic rings. The Balaban J connectivity index is 2.21. The van der Waals surface area contributed by atoms with Crippen LogP contribution in [0.3, 0.4) is 0 Å². The van der Waals surface area contributed by atoms with E-state index in [4.69, 9.17) is 5.11 Å². The largest absolute Gasteiger partial charge is 0.481 e. The molecule has 1 amide bonds. The average molecular weight is 317 g/mol. The maximum absolute atomic E-state index is 12.3. The summed E-state index contributed by atoms with van der Waals surface area (Å²) in [5.41, 5.74) is 0.834. The number of hydrogen-bond donors (Lipinski definition) is 2. The van der Waals surface area contributed by atoms with Gasteiger partial charge in [0.1, 0.15) is 11.2 Å². The number of rotatable bonds is 6. The Hall–Kier alpha value is -2.70. The maximum Gasteiger partial charge on any atom is 0.308 e. The van der Waals surface area contributed by atoms with Crippen LogP contribution >= 0.6 is 0 Å². The third-order valence-corrected chi connectivity index (χ3v) is 3.61. The lowest BCUT2D eigenvalue weighted by atomic mass is 10.0. The normalized spacial score (nSPS) is 12.1. The SMILES string of the molecule is CCCC(CNC(=O)c1cnc2cc(C)ccn2c1=O)C(=O)O. The van der Waals surface area contributed by atoms with Gasteiger partial charge in [0.05, 0.1) is 5.92 Å². The fourth-order valence-corrected chi connectivity index (χ4v) is 2.30. The van der Waals surface area contributed by atoms with Crippen molar-refractivity contribution >= 4 is 17.5 Å². The molecule has 7 heteroatoms. The number of aromatic nitrogens is 2. The molecule has 0 aliphatic heterocycles. The number of carbonyl (C=O) groups excluding carboxylic acids is 1. The van der Waals surface area contributed by atoms with Gasteiger partial charge in [0.2, 0.25) is 0 Å². The smallest absolute Gasteiger partial charge is 0.308 e. The average Bonchev–Trinajstić information content (AvgIpc) is 2.51. The van der Waals surface area contributed by atoms with Crippen molar-refractivity contribution in [1.29, 1.82) is 0 Å². The van der Waals surface area contributed by atoms with E-state index in [9.17, 15) is 14.4 Å². The lowest BCUT2D eigenvalue weighted by Gasteiger charge is -2.12. The number of pyridine rings is 1. The Bertz CT molecular complexity index is 798. The molecule has 2 heterocycles. The van der Waals surface area contributed by atoms with E-state index in [1.165, 1.54) is 10.6 Å². The van der Waals surface area contributed by atoms with Crippen LogP contribution in [0.1, 0.15) is 35.7 Å². The zero-order chi connectivity index (χ0) is 17.0. The van der Waals surface area contributed by atoms with Gasteiger partial charge in [-0.2, -0.15) is 0 Å². The summed E-state index contributed by atoms with van der Waals surface area (Å²) in [6.45, 7) is 3.74. The highest BCUT2D eigenvalue weighted by atomic mass is 16.4. The summed E-state index contributed by atoms with van der Waals surface area (Å²) in [5.74, 6) is -2.24. The fraction of sp³-hybridized carbons (Fsp3) is 0.375. The van der Waals surface area contributed by atoms with Crippen LogP contribution in [0.15, 0.2) is 29.3 Å². The topological polar surface area (TPSA) is 101 Å². The van der Waals surface area contributed by atoms with Crippen LogP contribution < -0.4 is 10.9 Å². The van der Waals surface area contributed by atoms with E-state index in [2.05, 4.69) is 10.3 Å². The quantitative estimate of drug-likeness (QED) is 0.834. The number of carboxylic acid groups (broad SMARTS) is 1. The second kappa shape index (κ2) is 7.04. The maximum atomic E-state index is 12.3. The molecule has 2 aromatic rings. The van der Waals surface area contributed by atoms with Crippen LogP contribution in [0.25, 0.3) is 5.65 Å². The van der Waals surface area contributed by atoms with Gasteiger partial charge in [-0.25, -0.2) is 4.98 Å². The standard InChI is InChI=1S/C16H19N3O4/c1-3-4-11(16(22)23)8-18-14(20)12-9-17-13-7-10(2)5-6-19(13)15(12)21/h5-7,9,11H,3-4,8H2,1-2H3,(H,18,20)(H,22,23). The second-order valence-corrected chi connectivity index (χ2v) is 5.44. The van der Waals surface area contributed by atoms with Crippen molar-refractivity contribution in [3.63, 3.8) is 0 Å². The second-order valence-electron chi connectivity index (χ2n) is 5.44. The first-order valence-corrected chi connectivity index (χ1v) is 7.43. The Morgan fingerprint density at radius 3 is 2.83 bits per heavy atom. The van der Waals surface area contributed by atoms with Crippen LogP contribution in [0, 0.1) is 12.8 Å². The van der Waals surface area contributed by atoms with Gasteiger partial charge < -0.3 is 10.4 Å². The molecule has 7 nitrogen and oxygen atoms in total. The number of carboxylic acids is 1. The number of aryl methyl sites for hydroxylation is 1. The van der Waals surface area contributed by atoms with Gasteiger partial charge in [-0.3, -0.25) is 18.8 Å². The van der Waals surface area contributed by atoms with Crippen molar-refractivity contribution in [3.8, 4) is 0 Å². The molecule has 0 radical (unpaired) electrons. The zero-order valence-electron chi connectivity index (χ0n) is 13.1. The lowest BCUT2D eigenvalue weighted by Crippen LogP contribution is -2.36. The lowest BCUT2D eigenvalue weighted by molar-refractivity contribution is -0.141. The van der Waals surface area contributed by atoms with E-state index in [0.717, 1.165) is 5.56 Å². The Kier molecular flexibility index (Phi) is 5.10. The first kappa shape index (κ1) is 16.7. The number of fused-ring (bicyclic) bond motifs is 1. The Morgan fingerprint density at radius 2 is 2.17 bits per heavy atom. The molecule has 2 rings (SSSR count). The molecular formula is C16H19N3O4. The highest BCUT2D eigenvalue weighted by Gasteiger charge is 2.19. The van der Waals surface area contributed by atoms with Crippen molar-refractivity contribution in [1.82, 2.24) is 14.7 Å². The molecule has 23 heavy (non-hydrogen) atoms. The summed E-state index contributed by atoms with van der Waals surface area (Å²) in [4.78, 5) is 39.7. The van der Waals surface area contributed by atoms with Crippen molar-refractivity contribution in [2.24, 2.45) is 5.92 Å². The molecule has 122 valence electrons. The molecule has 1 atom stereocenters. The highest BCUT2D eigenvalue weighted by Crippen LogP contribution is 2.06. The number of hydrogen-bond acceptors (Lipinski definition) is 4. The van der Waals surface area contributed by atoms with Gasteiger partial charge >= 0.3 is 5.97 Å². The Labute approximate surface area is 133 Å². The first-order chi connectivity index (χ1) is 10.9. The first-order valence-electron chi connectivity index (χ1n) is 7.43. The van der Waals surface area contributed by atoms with Crippen molar-refractivity contribution in [2.75, 3.05) is 6.54 Å². The molecule has 0 aliphatic carbocycles. The van der Waals surface area contributed by atoms with Gasteiger partial charge in [0, 0.05) is 18.9 Å². The minimum Gasteiger partial charge on any atom is -0.481 e. The molecule has 1 unspecified atom stereocenters. The van der Waals surface area contributed by atoms with Crippen molar-refractivity contribution in [2.45, 2.75) is 26.7 Å². The van der Waals surface area contributed by atoms with Crippen molar-refractivity contribution < 1.29 is 14.7 Å². The number of nitrogens with one attached hydrogen (secondary N) is 1.